The lowest BCUT2D eigenvalue weighted by atomic mass is 10.0. The van der Waals surface area contributed by atoms with E-state index in [4.69, 9.17) is 10.8 Å². The number of thiol groups is 1. The molecule has 0 saturated heterocycles. The van der Waals surface area contributed by atoms with Crippen LogP contribution in [0.2, 0.25) is 0 Å². The lowest BCUT2D eigenvalue weighted by Crippen LogP contribution is -2.57. The van der Waals surface area contributed by atoms with E-state index in [1.807, 2.05) is 12.3 Å². The van der Waals surface area contributed by atoms with Crippen LogP contribution in [-0.2, 0) is 25.6 Å². The van der Waals surface area contributed by atoms with Crippen LogP contribution in [0.4, 0.5) is 0 Å². The molecule has 0 aromatic heterocycles. The molecule has 31 heavy (non-hydrogen) atoms. The second-order valence-electron chi connectivity index (χ2n) is 6.95. The third-order valence-corrected chi connectivity index (χ3v) is 5.46. The fourth-order valence-corrected chi connectivity index (χ4v) is 3.21. The molecule has 11 heteroatoms. The SMILES string of the molecule is CSCCC(NC(=O)C(N)CS)C(=O)NC(Cc1ccccc1)C(=O)NC(C)C(=O)O. The van der Waals surface area contributed by atoms with Crippen molar-refractivity contribution in [1.29, 1.82) is 0 Å². The molecule has 3 amide bonds. The van der Waals surface area contributed by atoms with Gasteiger partial charge in [-0.15, -0.1) is 0 Å². The van der Waals surface area contributed by atoms with Crippen LogP contribution in [0.3, 0.4) is 0 Å². The van der Waals surface area contributed by atoms with E-state index in [0.717, 1.165) is 5.56 Å². The molecule has 4 unspecified atom stereocenters. The Morgan fingerprint density at radius 3 is 2.16 bits per heavy atom. The van der Waals surface area contributed by atoms with Crippen molar-refractivity contribution < 1.29 is 24.3 Å². The molecular formula is C20H30N4O5S2. The molecule has 0 saturated carbocycles. The van der Waals surface area contributed by atoms with Crippen LogP contribution in [0, 0.1) is 0 Å². The van der Waals surface area contributed by atoms with Crippen molar-refractivity contribution in [2.24, 2.45) is 5.73 Å². The molecule has 9 nitrogen and oxygen atoms in total. The van der Waals surface area contributed by atoms with Gasteiger partial charge in [0, 0.05) is 12.2 Å². The van der Waals surface area contributed by atoms with E-state index < -0.39 is 47.9 Å². The van der Waals surface area contributed by atoms with Gasteiger partial charge in [-0.05, 0) is 30.9 Å². The normalized spacial score (nSPS) is 14.6. The number of carboxylic acid groups (broad SMARTS) is 1. The van der Waals surface area contributed by atoms with Crippen molar-refractivity contribution in [2.45, 2.75) is 43.9 Å². The van der Waals surface area contributed by atoms with Crippen molar-refractivity contribution in [1.82, 2.24) is 16.0 Å². The lowest BCUT2D eigenvalue weighted by Gasteiger charge is -2.24. The Bertz CT molecular complexity index is 750. The molecule has 0 radical (unpaired) electrons. The number of thioether (sulfide) groups is 1. The summed E-state index contributed by atoms with van der Waals surface area (Å²) < 4.78 is 0. The highest BCUT2D eigenvalue weighted by Gasteiger charge is 2.29. The zero-order valence-electron chi connectivity index (χ0n) is 17.5. The van der Waals surface area contributed by atoms with Gasteiger partial charge in [-0.1, -0.05) is 30.3 Å². The number of carbonyl (C=O) groups excluding carboxylic acids is 3. The van der Waals surface area contributed by atoms with E-state index in [0.29, 0.717) is 12.2 Å². The summed E-state index contributed by atoms with van der Waals surface area (Å²) in [4.78, 5) is 48.9. The summed E-state index contributed by atoms with van der Waals surface area (Å²) in [5.74, 6) is -2.17. The number of aliphatic carboxylic acids is 1. The van der Waals surface area contributed by atoms with Crippen LogP contribution in [-0.4, -0.2) is 70.7 Å². The van der Waals surface area contributed by atoms with E-state index in [-0.39, 0.29) is 12.2 Å². The standard InChI is InChI=1S/C20H30N4O5S2/c1-12(20(28)29)22-19(27)16(10-13-6-4-3-5-7-13)24-18(26)15(8-9-31-2)23-17(25)14(21)11-30/h3-7,12,14-16,30H,8-11,21H2,1-2H3,(H,22,27)(H,23,25)(H,24,26)(H,28,29). The molecule has 1 aromatic carbocycles. The zero-order valence-corrected chi connectivity index (χ0v) is 19.2. The Morgan fingerprint density at radius 1 is 1.03 bits per heavy atom. The number of hydrogen-bond donors (Lipinski definition) is 6. The molecule has 0 aliphatic carbocycles. The van der Waals surface area contributed by atoms with Gasteiger partial charge in [0.25, 0.3) is 0 Å². The van der Waals surface area contributed by atoms with E-state index in [9.17, 15) is 19.2 Å². The first-order chi connectivity index (χ1) is 14.7. The quantitative estimate of drug-likeness (QED) is 0.219. The first-order valence-electron chi connectivity index (χ1n) is 9.72. The molecule has 0 aliphatic heterocycles. The molecule has 4 atom stereocenters. The van der Waals surface area contributed by atoms with E-state index in [1.54, 1.807) is 24.3 Å². The van der Waals surface area contributed by atoms with Crippen molar-refractivity contribution in [3.63, 3.8) is 0 Å². The first kappa shape index (κ1) is 26.8. The lowest BCUT2D eigenvalue weighted by molar-refractivity contribution is -0.141. The van der Waals surface area contributed by atoms with Gasteiger partial charge in [0.15, 0.2) is 0 Å². The average Bonchev–Trinajstić information content (AvgIpc) is 2.75. The molecule has 0 heterocycles. The Hall–Kier alpha value is -2.24. The predicted octanol–water partition coefficient (Wildman–Crippen LogP) is -0.202. The fraction of sp³-hybridized carbons (Fsp3) is 0.500. The topological polar surface area (TPSA) is 151 Å². The molecule has 0 aliphatic rings. The summed E-state index contributed by atoms with van der Waals surface area (Å²) in [5, 5.41) is 16.7. The molecule has 1 rings (SSSR count). The number of nitrogens with one attached hydrogen (secondary N) is 3. The summed E-state index contributed by atoms with van der Waals surface area (Å²) in [6.07, 6.45) is 2.36. The van der Waals surface area contributed by atoms with Gasteiger partial charge in [0.2, 0.25) is 17.7 Å². The van der Waals surface area contributed by atoms with Crippen molar-refractivity contribution >= 4 is 48.1 Å². The summed E-state index contributed by atoms with van der Waals surface area (Å²) in [6, 6.07) is 5.10. The average molecular weight is 471 g/mol. The minimum atomic E-state index is -1.19. The third-order valence-electron chi connectivity index (χ3n) is 4.42. The highest BCUT2D eigenvalue weighted by molar-refractivity contribution is 7.98. The van der Waals surface area contributed by atoms with Gasteiger partial charge in [-0.3, -0.25) is 19.2 Å². The van der Waals surface area contributed by atoms with Crippen molar-refractivity contribution in [3.05, 3.63) is 35.9 Å². The zero-order chi connectivity index (χ0) is 23.4. The second kappa shape index (κ2) is 13.9. The van der Waals surface area contributed by atoms with Gasteiger partial charge in [0.05, 0.1) is 6.04 Å². The summed E-state index contributed by atoms with van der Waals surface area (Å²) >= 11 is 5.50. The van der Waals surface area contributed by atoms with Gasteiger partial charge in [-0.2, -0.15) is 24.4 Å². The molecule has 6 N–H and O–H groups in total. The number of nitrogens with two attached hydrogens (primary N) is 1. The molecule has 172 valence electrons. The largest absolute Gasteiger partial charge is 0.480 e. The maximum Gasteiger partial charge on any atom is 0.325 e. The van der Waals surface area contributed by atoms with Gasteiger partial charge in [0.1, 0.15) is 18.1 Å². The summed E-state index contributed by atoms with van der Waals surface area (Å²) in [6.45, 7) is 1.34. The molecule has 0 fully saturated rings. The molecule has 0 spiro atoms. The summed E-state index contributed by atoms with van der Waals surface area (Å²) in [5.41, 5.74) is 6.47. The predicted molar refractivity (Wildman–Crippen MR) is 124 cm³/mol. The summed E-state index contributed by atoms with van der Waals surface area (Å²) in [7, 11) is 0. The first-order valence-corrected chi connectivity index (χ1v) is 11.7. The van der Waals surface area contributed by atoms with Gasteiger partial charge >= 0.3 is 5.97 Å². The smallest absolute Gasteiger partial charge is 0.325 e. The molecule has 1 aromatic rings. The van der Waals surface area contributed by atoms with Gasteiger partial charge < -0.3 is 26.8 Å². The maximum atomic E-state index is 12.9. The maximum absolute atomic E-state index is 12.9. The minimum Gasteiger partial charge on any atom is -0.480 e. The van der Waals surface area contributed by atoms with Crippen LogP contribution < -0.4 is 21.7 Å². The van der Waals surface area contributed by atoms with E-state index >= 15 is 0 Å². The molecule has 0 bridgehead atoms. The number of rotatable bonds is 13. The number of hydrogen-bond acceptors (Lipinski definition) is 7. The Kier molecular flexibility index (Phi) is 12.1. The monoisotopic (exact) mass is 470 g/mol. The number of carbonyl (C=O) groups is 4. The van der Waals surface area contributed by atoms with Crippen LogP contribution in [0.15, 0.2) is 30.3 Å². The Labute approximate surface area is 191 Å². The van der Waals surface area contributed by atoms with Crippen molar-refractivity contribution in [2.75, 3.05) is 17.8 Å². The van der Waals surface area contributed by atoms with E-state index in [1.165, 1.54) is 18.7 Å². The van der Waals surface area contributed by atoms with E-state index in [2.05, 4.69) is 28.6 Å². The van der Waals surface area contributed by atoms with Crippen LogP contribution in [0.25, 0.3) is 0 Å². The van der Waals surface area contributed by atoms with Crippen LogP contribution in [0.1, 0.15) is 18.9 Å². The van der Waals surface area contributed by atoms with Crippen molar-refractivity contribution in [3.8, 4) is 0 Å². The fourth-order valence-electron chi connectivity index (χ4n) is 2.57. The second-order valence-corrected chi connectivity index (χ2v) is 8.30. The Balaban J connectivity index is 3.00. The van der Waals surface area contributed by atoms with Crippen LogP contribution in [0.5, 0.6) is 0 Å². The number of amides is 3. The number of benzene rings is 1. The van der Waals surface area contributed by atoms with Crippen LogP contribution >= 0.6 is 24.4 Å². The highest BCUT2D eigenvalue weighted by atomic mass is 32.2. The third kappa shape index (κ3) is 9.62. The highest BCUT2D eigenvalue weighted by Crippen LogP contribution is 2.07. The van der Waals surface area contributed by atoms with Gasteiger partial charge in [-0.25, -0.2) is 0 Å². The Morgan fingerprint density at radius 2 is 1.61 bits per heavy atom. The number of carboxylic acids is 1. The minimum absolute atomic E-state index is 0.120. The molecular weight excluding hydrogens is 440 g/mol.